The van der Waals surface area contributed by atoms with Gasteiger partial charge in [0.05, 0.1) is 16.7 Å². The van der Waals surface area contributed by atoms with E-state index in [2.05, 4.69) is 5.32 Å². The smallest absolute Gasteiger partial charge is 0.243 e. The summed E-state index contributed by atoms with van der Waals surface area (Å²) < 4.78 is 38.3. The van der Waals surface area contributed by atoms with E-state index in [0.29, 0.717) is 37.6 Å². The molecule has 1 N–H and O–H groups in total. The molecule has 1 heterocycles. The van der Waals surface area contributed by atoms with Gasteiger partial charge in [-0.05, 0) is 55.5 Å². The minimum atomic E-state index is -3.48. The molecular weight excluding hydrogens is 440 g/mol. The normalized spacial score (nSPS) is 16.5. The monoisotopic (exact) mass is 474 g/mol. The number of rotatable bonds is 11. The lowest BCUT2D eigenvalue weighted by Gasteiger charge is -2.23. The second-order valence-electron chi connectivity index (χ2n) is 8.08. The fraction of sp³-hybridized carbons (Fsp3) is 0.480. The number of nitrogens with one attached hydrogen (secondary N) is 1. The minimum absolute atomic E-state index is 0.0935. The van der Waals surface area contributed by atoms with Gasteiger partial charge in [-0.1, -0.05) is 38.1 Å². The van der Waals surface area contributed by atoms with Crippen molar-refractivity contribution in [2.45, 2.75) is 57.0 Å². The number of nitrogens with zero attached hydrogens (tertiary/aromatic N) is 1. The Labute approximate surface area is 197 Å². The molecule has 0 aliphatic carbocycles. The van der Waals surface area contributed by atoms with E-state index in [4.69, 9.17) is 9.47 Å². The first-order valence-electron chi connectivity index (χ1n) is 11.7. The van der Waals surface area contributed by atoms with Crippen molar-refractivity contribution >= 4 is 21.6 Å². The third-order valence-corrected chi connectivity index (χ3v) is 7.83. The summed E-state index contributed by atoms with van der Waals surface area (Å²) in [4.78, 5) is 12.8. The van der Waals surface area contributed by atoms with Crippen LogP contribution in [0.5, 0.6) is 5.75 Å². The number of amides is 1. The first-order valence-corrected chi connectivity index (χ1v) is 13.1. The average molecular weight is 475 g/mol. The molecular formula is C25H34N2O5S. The molecule has 1 unspecified atom stereocenters. The minimum Gasteiger partial charge on any atom is -0.489 e. The maximum absolute atomic E-state index is 12.6. The van der Waals surface area contributed by atoms with Crippen LogP contribution in [-0.4, -0.2) is 51.0 Å². The topological polar surface area (TPSA) is 84.9 Å². The molecule has 8 heteroatoms. The van der Waals surface area contributed by atoms with Gasteiger partial charge in [0.2, 0.25) is 15.9 Å². The van der Waals surface area contributed by atoms with Crippen LogP contribution in [-0.2, 0) is 26.0 Å². The number of anilines is 1. The highest BCUT2D eigenvalue weighted by Crippen LogP contribution is 2.25. The van der Waals surface area contributed by atoms with E-state index in [-0.39, 0.29) is 23.3 Å². The highest BCUT2D eigenvalue weighted by molar-refractivity contribution is 7.89. The zero-order valence-electron chi connectivity index (χ0n) is 19.5. The molecule has 1 aliphatic heterocycles. The summed E-state index contributed by atoms with van der Waals surface area (Å²) in [7, 11) is -3.48. The van der Waals surface area contributed by atoms with Crippen LogP contribution in [0.4, 0.5) is 5.69 Å². The first kappa shape index (κ1) is 25.2. The summed E-state index contributed by atoms with van der Waals surface area (Å²) in [5.74, 6) is 0.505. The van der Waals surface area contributed by atoms with Crippen molar-refractivity contribution in [3.8, 4) is 5.75 Å². The predicted molar refractivity (Wildman–Crippen MR) is 129 cm³/mol. The molecule has 0 saturated carbocycles. The largest absolute Gasteiger partial charge is 0.489 e. The summed E-state index contributed by atoms with van der Waals surface area (Å²) in [6.45, 7) is 5.74. The van der Waals surface area contributed by atoms with Crippen molar-refractivity contribution in [3.63, 3.8) is 0 Å². The number of para-hydroxylation sites is 2. The molecule has 180 valence electrons. The van der Waals surface area contributed by atoms with Crippen molar-refractivity contribution in [2.75, 3.05) is 31.6 Å². The maximum atomic E-state index is 12.6. The number of carbonyl (C=O) groups is 1. The van der Waals surface area contributed by atoms with Crippen molar-refractivity contribution in [2.24, 2.45) is 0 Å². The Balaban J connectivity index is 1.53. The molecule has 2 aromatic carbocycles. The Bertz CT molecular complexity index is 998. The lowest BCUT2D eigenvalue weighted by molar-refractivity contribution is -0.116. The molecule has 1 amide bonds. The predicted octanol–water partition coefficient (Wildman–Crippen LogP) is 4.24. The molecule has 3 rings (SSSR count). The number of aryl methyl sites for hydroxylation is 1. The van der Waals surface area contributed by atoms with Gasteiger partial charge in [-0.2, -0.15) is 4.31 Å². The van der Waals surface area contributed by atoms with E-state index in [9.17, 15) is 13.2 Å². The number of ether oxygens (including phenoxy) is 2. The van der Waals surface area contributed by atoms with Crippen LogP contribution in [0.25, 0.3) is 0 Å². The van der Waals surface area contributed by atoms with Gasteiger partial charge in [0.15, 0.2) is 0 Å². The van der Waals surface area contributed by atoms with E-state index in [1.54, 1.807) is 24.3 Å². The van der Waals surface area contributed by atoms with E-state index in [0.717, 1.165) is 31.4 Å². The van der Waals surface area contributed by atoms with Crippen LogP contribution in [0, 0.1) is 0 Å². The van der Waals surface area contributed by atoms with Crippen molar-refractivity contribution in [1.82, 2.24) is 4.31 Å². The van der Waals surface area contributed by atoms with E-state index in [1.165, 1.54) is 4.31 Å². The number of hydrogen-bond acceptors (Lipinski definition) is 5. The summed E-state index contributed by atoms with van der Waals surface area (Å²) in [5.41, 5.74) is 1.54. The summed E-state index contributed by atoms with van der Waals surface area (Å²) in [6, 6.07) is 14.1. The molecule has 0 bridgehead atoms. The third kappa shape index (κ3) is 7.03. The van der Waals surface area contributed by atoms with Crippen molar-refractivity contribution < 1.29 is 22.7 Å². The Morgan fingerprint density at radius 2 is 1.82 bits per heavy atom. The molecule has 0 radical (unpaired) electrons. The van der Waals surface area contributed by atoms with Gasteiger partial charge in [-0.15, -0.1) is 0 Å². The van der Waals surface area contributed by atoms with Crippen LogP contribution in [0.3, 0.4) is 0 Å². The molecule has 1 fully saturated rings. The maximum Gasteiger partial charge on any atom is 0.243 e. The summed E-state index contributed by atoms with van der Waals surface area (Å²) in [6.07, 6.45) is 4.12. The second kappa shape index (κ2) is 12.2. The molecule has 1 saturated heterocycles. The fourth-order valence-electron chi connectivity index (χ4n) is 3.83. The van der Waals surface area contributed by atoms with Gasteiger partial charge in [0.25, 0.3) is 0 Å². The van der Waals surface area contributed by atoms with Crippen LogP contribution in [0.2, 0.25) is 0 Å². The molecule has 7 nitrogen and oxygen atoms in total. The average Bonchev–Trinajstić information content (AvgIpc) is 2.84. The summed E-state index contributed by atoms with van der Waals surface area (Å²) >= 11 is 0. The quantitative estimate of drug-likeness (QED) is 0.527. The van der Waals surface area contributed by atoms with Gasteiger partial charge in [0.1, 0.15) is 12.4 Å². The zero-order valence-corrected chi connectivity index (χ0v) is 20.3. The van der Waals surface area contributed by atoms with Crippen LogP contribution in [0.1, 0.15) is 45.1 Å². The number of benzene rings is 2. The fourth-order valence-corrected chi connectivity index (χ4v) is 5.29. The van der Waals surface area contributed by atoms with Crippen molar-refractivity contribution in [1.29, 1.82) is 0 Å². The highest BCUT2D eigenvalue weighted by Gasteiger charge is 2.21. The first-order chi connectivity index (χ1) is 15.9. The van der Waals surface area contributed by atoms with Gasteiger partial charge in [0, 0.05) is 26.1 Å². The summed E-state index contributed by atoms with van der Waals surface area (Å²) in [5, 5.41) is 2.93. The Kier molecular flexibility index (Phi) is 9.29. The standard InChI is InChI=1S/C25H34N2O5S/c1-3-27(4-2)33(29,30)22-15-12-20(13-16-22)14-17-25(28)26-23-10-5-6-11-24(23)32-19-21-9-7-8-18-31-21/h5-6,10-13,15-16,21H,3-4,7-9,14,17-19H2,1-2H3,(H,26,28). The van der Waals surface area contributed by atoms with Gasteiger partial charge >= 0.3 is 0 Å². The number of hydrogen-bond donors (Lipinski definition) is 1. The van der Waals surface area contributed by atoms with Gasteiger partial charge in [-0.3, -0.25) is 4.79 Å². The lowest BCUT2D eigenvalue weighted by Crippen LogP contribution is -2.30. The van der Waals surface area contributed by atoms with E-state index in [1.807, 2.05) is 38.1 Å². The molecule has 1 atom stereocenters. The number of sulfonamides is 1. The third-order valence-electron chi connectivity index (χ3n) is 5.77. The van der Waals surface area contributed by atoms with Crippen LogP contribution >= 0.6 is 0 Å². The molecule has 33 heavy (non-hydrogen) atoms. The second-order valence-corrected chi connectivity index (χ2v) is 10.0. The Morgan fingerprint density at radius 1 is 1.09 bits per heavy atom. The van der Waals surface area contributed by atoms with Gasteiger partial charge in [-0.25, -0.2) is 8.42 Å². The van der Waals surface area contributed by atoms with Crippen LogP contribution < -0.4 is 10.1 Å². The highest BCUT2D eigenvalue weighted by atomic mass is 32.2. The molecule has 2 aromatic rings. The molecule has 0 spiro atoms. The van der Waals surface area contributed by atoms with E-state index < -0.39 is 10.0 Å². The van der Waals surface area contributed by atoms with Gasteiger partial charge < -0.3 is 14.8 Å². The molecule has 1 aliphatic rings. The zero-order chi connectivity index (χ0) is 23.7. The van der Waals surface area contributed by atoms with Crippen molar-refractivity contribution in [3.05, 3.63) is 54.1 Å². The van der Waals surface area contributed by atoms with Crippen LogP contribution in [0.15, 0.2) is 53.4 Å². The van der Waals surface area contributed by atoms with E-state index >= 15 is 0 Å². The Morgan fingerprint density at radius 3 is 2.48 bits per heavy atom. The lowest BCUT2D eigenvalue weighted by atomic mass is 10.1. The SMILES string of the molecule is CCN(CC)S(=O)(=O)c1ccc(CCC(=O)Nc2ccccc2OCC2CCCCO2)cc1. The number of carbonyl (C=O) groups excluding carboxylic acids is 1. The Hall–Kier alpha value is -2.42. The molecule has 0 aromatic heterocycles.